The van der Waals surface area contributed by atoms with Crippen molar-refractivity contribution in [2.45, 2.75) is 46.0 Å². The number of anilines is 1. The van der Waals surface area contributed by atoms with Crippen LogP contribution in [0.15, 0.2) is 72.8 Å². The number of ether oxygens (including phenoxy) is 1. The maximum Gasteiger partial charge on any atom is 0.269 e. The van der Waals surface area contributed by atoms with Crippen LogP contribution in [0.2, 0.25) is 0 Å². The van der Waals surface area contributed by atoms with E-state index in [1.165, 1.54) is 27.5 Å². The highest BCUT2D eigenvalue weighted by Crippen LogP contribution is 2.41. The Morgan fingerprint density at radius 1 is 0.787 bits per heavy atom. The first-order valence-electron chi connectivity index (χ1n) is 16.4. The fourth-order valence-electron chi connectivity index (χ4n) is 6.46. The molecule has 1 aliphatic rings. The zero-order valence-electron chi connectivity index (χ0n) is 29.2. The highest BCUT2D eigenvalue weighted by atomic mass is 16.5. The van der Waals surface area contributed by atoms with E-state index < -0.39 is 0 Å². The van der Waals surface area contributed by atoms with Crippen LogP contribution in [0.4, 0.5) is 5.69 Å². The number of hydrogen-bond donors (Lipinski definition) is 2. The molecule has 7 nitrogen and oxygen atoms in total. The van der Waals surface area contributed by atoms with Crippen LogP contribution in [0.25, 0.3) is 32.8 Å². The molecule has 0 aliphatic carbocycles. The van der Waals surface area contributed by atoms with Crippen molar-refractivity contribution in [3.63, 3.8) is 0 Å². The number of methoxy groups -OCH3 is 1. The summed E-state index contributed by atoms with van der Waals surface area (Å²) in [6.45, 7) is 9.46. The average Bonchev–Trinajstić information content (AvgIpc) is 3.51. The number of carbonyl (C=O) groups excluding carboxylic acids is 2. The number of hydrogen-bond acceptors (Lipinski definition) is 4. The second kappa shape index (κ2) is 13.9. The van der Waals surface area contributed by atoms with Gasteiger partial charge in [-0.2, -0.15) is 0 Å². The molecule has 2 N–H and O–H groups in total. The predicted molar refractivity (Wildman–Crippen MR) is 195 cm³/mol. The molecule has 0 bridgehead atoms. The van der Waals surface area contributed by atoms with Crippen LogP contribution in [-0.2, 0) is 11.2 Å². The normalized spacial score (nSPS) is 14.0. The van der Waals surface area contributed by atoms with Crippen molar-refractivity contribution in [3.8, 4) is 16.9 Å². The first kappa shape index (κ1) is 33.6. The third-order valence-electron chi connectivity index (χ3n) is 9.02. The van der Waals surface area contributed by atoms with E-state index in [-0.39, 0.29) is 17.7 Å². The van der Waals surface area contributed by atoms with E-state index >= 15 is 0 Å². The fourth-order valence-corrected chi connectivity index (χ4v) is 6.46. The molecule has 4 aromatic carbocycles. The molecular weight excluding hydrogens is 584 g/mol. The van der Waals surface area contributed by atoms with Gasteiger partial charge in [-0.1, -0.05) is 76.2 Å². The van der Waals surface area contributed by atoms with Gasteiger partial charge in [0.05, 0.1) is 13.0 Å². The van der Waals surface area contributed by atoms with Crippen molar-refractivity contribution >= 4 is 39.2 Å². The highest BCUT2D eigenvalue weighted by Gasteiger charge is 2.28. The Kier molecular flexibility index (Phi) is 9.94. The summed E-state index contributed by atoms with van der Waals surface area (Å²) in [6.07, 6.45) is 0.766. The van der Waals surface area contributed by atoms with Gasteiger partial charge in [0.1, 0.15) is 11.4 Å². The van der Waals surface area contributed by atoms with Crippen LogP contribution in [-0.4, -0.2) is 68.4 Å². The molecule has 47 heavy (non-hydrogen) atoms. The van der Waals surface area contributed by atoms with E-state index in [0.29, 0.717) is 24.1 Å². The average molecular weight is 633 g/mol. The van der Waals surface area contributed by atoms with Gasteiger partial charge in [0.15, 0.2) is 0 Å². The van der Waals surface area contributed by atoms with E-state index in [0.717, 1.165) is 39.9 Å². The van der Waals surface area contributed by atoms with E-state index in [1.54, 1.807) is 31.0 Å². The molecule has 0 spiro atoms. The molecule has 2 amide bonds. The summed E-state index contributed by atoms with van der Waals surface area (Å²) in [5.41, 5.74) is 8.83. The maximum absolute atomic E-state index is 12.4. The van der Waals surface area contributed by atoms with Crippen LogP contribution in [0.3, 0.4) is 0 Å². The second-order valence-corrected chi connectivity index (χ2v) is 13.5. The van der Waals surface area contributed by atoms with Crippen molar-refractivity contribution < 1.29 is 14.3 Å². The van der Waals surface area contributed by atoms with Gasteiger partial charge in [-0.25, -0.2) is 0 Å². The number of nitrogens with one attached hydrogen (secondary N) is 2. The Hall–Kier alpha value is -4.78. The molecule has 0 saturated heterocycles. The van der Waals surface area contributed by atoms with E-state index in [1.807, 2.05) is 44.4 Å². The van der Waals surface area contributed by atoms with Gasteiger partial charge in [-0.3, -0.25) is 9.59 Å². The molecule has 1 aliphatic heterocycles. The molecule has 0 fully saturated rings. The SMILES string of the molecule is CC(C)c1cc2[nH]c(C(=O)N(C)C)cc2c2ccccc12.COc1ccccc1-c1cc(C(C)C)cc2c1NCC(C(=O)N(C)C)C2. The second-order valence-electron chi connectivity index (χ2n) is 13.5. The highest BCUT2D eigenvalue weighted by molar-refractivity contribution is 6.11. The summed E-state index contributed by atoms with van der Waals surface area (Å²) >= 11 is 0. The third-order valence-corrected chi connectivity index (χ3v) is 9.02. The molecule has 1 aromatic heterocycles. The van der Waals surface area contributed by atoms with Gasteiger partial charge in [-0.15, -0.1) is 0 Å². The summed E-state index contributed by atoms with van der Waals surface area (Å²) in [4.78, 5) is 31.2. The van der Waals surface area contributed by atoms with Crippen molar-refractivity contribution in [1.29, 1.82) is 0 Å². The summed E-state index contributed by atoms with van der Waals surface area (Å²) in [7, 11) is 8.89. The molecule has 6 rings (SSSR count). The fraction of sp³-hybridized carbons (Fsp3) is 0.350. The maximum atomic E-state index is 12.4. The topological polar surface area (TPSA) is 77.7 Å². The number of aromatic nitrogens is 1. The molecule has 0 radical (unpaired) electrons. The number of carbonyl (C=O) groups is 2. The minimum atomic E-state index is -0.0227. The Labute approximate surface area is 278 Å². The standard InChI is InChI=1S/C22H28N2O2.C18H20N2O/c1-14(2)15-10-16-11-17(22(25)24(3)4)13-23-21(16)19(12-15)18-8-6-7-9-20(18)26-5;1-11(2)14-9-16-15(13-8-6-5-7-12(13)14)10-17(19-16)18(21)20(3)4/h6-10,12,14,17,23H,11,13H2,1-5H3;5-11,19H,1-4H3. The largest absolute Gasteiger partial charge is 0.496 e. The van der Waals surface area contributed by atoms with Crippen LogP contribution < -0.4 is 10.1 Å². The lowest BCUT2D eigenvalue weighted by Gasteiger charge is -2.30. The minimum absolute atomic E-state index is 0.00128. The smallest absolute Gasteiger partial charge is 0.269 e. The number of fused-ring (bicyclic) bond motifs is 4. The van der Waals surface area contributed by atoms with Gasteiger partial charge in [0.25, 0.3) is 5.91 Å². The molecular formula is C40H48N4O3. The summed E-state index contributed by atoms with van der Waals surface area (Å²) in [6, 6.07) is 25.1. The quantitative estimate of drug-likeness (QED) is 0.197. The molecule has 0 saturated carbocycles. The zero-order chi connectivity index (χ0) is 34.0. The van der Waals surface area contributed by atoms with Crippen LogP contribution in [0, 0.1) is 5.92 Å². The zero-order valence-corrected chi connectivity index (χ0v) is 29.2. The van der Waals surface area contributed by atoms with E-state index in [2.05, 4.69) is 80.5 Å². The van der Waals surface area contributed by atoms with Crippen LogP contribution in [0.5, 0.6) is 5.75 Å². The Bertz CT molecular complexity index is 1920. The number of para-hydroxylation sites is 1. The lowest BCUT2D eigenvalue weighted by atomic mass is 9.85. The predicted octanol–water partition coefficient (Wildman–Crippen LogP) is 8.30. The van der Waals surface area contributed by atoms with Gasteiger partial charge in [-0.05, 0) is 70.0 Å². The monoisotopic (exact) mass is 632 g/mol. The third kappa shape index (κ3) is 6.85. The van der Waals surface area contributed by atoms with Gasteiger partial charge in [0.2, 0.25) is 5.91 Å². The Morgan fingerprint density at radius 2 is 1.47 bits per heavy atom. The minimum Gasteiger partial charge on any atom is -0.496 e. The van der Waals surface area contributed by atoms with Crippen molar-refractivity contribution in [2.75, 3.05) is 47.2 Å². The lowest BCUT2D eigenvalue weighted by Crippen LogP contribution is -2.37. The van der Waals surface area contributed by atoms with Crippen molar-refractivity contribution in [1.82, 2.24) is 14.8 Å². The molecule has 246 valence electrons. The van der Waals surface area contributed by atoms with E-state index in [9.17, 15) is 9.59 Å². The molecule has 7 heteroatoms. The molecule has 2 heterocycles. The molecule has 1 unspecified atom stereocenters. The van der Waals surface area contributed by atoms with Gasteiger partial charge in [0, 0.05) is 62.5 Å². The van der Waals surface area contributed by atoms with E-state index in [4.69, 9.17) is 4.74 Å². The number of H-pyrrole nitrogens is 1. The Morgan fingerprint density at radius 3 is 2.11 bits per heavy atom. The first-order valence-corrected chi connectivity index (χ1v) is 16.4. The summed E-state index contributed by atoms with van der Waals surface area (Å²) in [5.74, 6) is 1.88. The number of amides is 2. The number of aromatic amines is 1. The van der Waals surface area contributed by atoms with Crippen LogP contribution >= 0.6 is 0 Å². The van der Waals surface area contributed by atoms with Crippen LogP contribution in [0.1, 0.15) is 66.7 Å². The van der Waals surface area contributed by atoms with Crippen molar-refractivity contribution in [3.05, 3.63) is 95.2 Å². The number of nitrogens with zero attached hydrogens (tertiary/aromatic N) is 2. The molecule has 5 aromatic rings. The summed E-state index contributed by atoms with van der Waals surface area (Å²) < 4.78 is 5.59. The summed E-state index contributed by atoms with van der Waals surface area (Å²) in [5, 5.41) is 7.11. The molecule has 1 atom stereocenters. The Balaban J connectivity index is 0.000000189. The van der Waals surface area contributed by atoms with Crippen molar-refractivity contribution in [2.24, 2.45) is 5.92 Å². The van der Waals surface area contributed by atoms with Gasteiger partial charge < -0.3 is 24.8 Å². The number of rotatable bonds is 6. The lowest BCUT2D eigenvalue weighted by molar-refractivity contribution is -0.132. The van der Waals surface area contributed by atoms with Gasteiger partial charge >= 0.3 is 0 Å². The number of benzene rings is 4. The first-order chi connectivity index (χ1) is 22.4.